The van der Waals surface area contributed by atoms with Crippen molar-refractivity contribution in [1.82, 2.24) is 4.98 Å². The predicted molar refractivity (Wildman–Crippen MR) is 63.8 cm³/mol. The smallest absolute Gasteiger partial charge is 0.282 e. The van der Waals surface area contributed by atoms with E-state index in [4.69, 9.17) is 4.55 Å². The Labute approximate surface area is 108 Å². The molecule has 0 fully saturated rings. The molecule has 0 radical (unpaired) electrons. The average molecular weight is 296 g/mol. The summed E-state index contributed by atoms with van der Waals surface area (Å²) in [6, 6.07) is 3.87. The molecular weight excluding hydrogens is 288 g/mol. The van der Waals surface area contributed by atoms with Crippen LogP contribution in [-0.4, -0.2) is 18.0 Å². The number of fused-ring (bicyclic) bond motifs is 1. The van der Waals surface area contributed by atoms with Gasteiger partial charge in [-0.3, -0.25) is 9.54 Å². The lowest BCUT2D eigenvalue weighted by molar-refractivity contribution is 0.152. The number of hydrogen-bond donors (Lipinski definition) is 1. The predicted octanol–water partition coefficient (Wildman–Crippen LogP) is 2.84. The average Bonchev–Trinajstić information content (AvgIpc) is 2.26. The molecule has 0 aliphatic carbocycles. The maximum atomic E-state index is 12.7. The Morgan fingerprint density at radius 2 is 1.89 bits per heavy atom. The van der Waals surface area contributed by atoms with Crippen molar-refractivity contribution in [3.63, 3.8) is 0 Å². The van der Waals surface area contributed by atoms with Gasteiger partial charge in [-0.05, 0) is 6.07 Å². The van der Waals surface area contributed by atoms with Gasteiger partial charge >= 0.3 is 0 Å². The van der Waals surface area contributed by atoms with Gasteiger partial charge in [-0.15, -0.1) is 12.4 Å². The molecule has 1 heterocycles. The number of pyridine rings is 1. The van der Waals surface area contributed by atoms with Gasteiger partial charge in [0.25, 0.3) is 16.5 Å². The van der Waals surface area contributed by atoms with Crippen LogP contribution in [0.3, 0.4) is 0 Å². The fraction of sp³-hybridized carbons (Fsp3) is 0.100. The summed E-state index contributed by atoms with van der Waals surface area (Å²) in [5.74, 6) is 0. The molecule has 0 bridgehead atoms. The number of aromatic nitrogens is 1. The summed E-state index contributed by atoms with van der Waals surface area (Å²) in [5, 5.41) is 0.0397. The van der Waals surface area contributed by atoms with E-state index in [0.29, 0.717) is 0 Å². The fourth-order valence-electron chi connectivity index (χ4n) is 1.61. The zero-order chi connectivity index (χ0) is 12.6. The maximum Gasteiger partial charge on any atom is 0.295 e. The van der Waals surface area contributed by atoms with E-state index in [1.807, 2.05) is 0 Å². The first-order valence-electron chi connectivity index (χ1n) is 4.53. The molecule has 1 N–H and O–H groups in total. The number of hydrogen-bond acceptors (Lipinski definition) is 3. The molecule has 2 aromatic rings. The Balaban J connectivity index is 0.00000162. The minimum absolute atomic E-state index is 0. The summed E-state index contributed by atoms with van der Waals surface area (Å²) >= 11 is 0. The zero-order valence-electron chi connectivity index (χ0n) is 8.75. The van der Waals surface area contributed by atoms with Gasteiger partial charge in [-0.2, -0.15) is 8.42 Å². The molecule has 98 valence electrons. The lowest BCUT2D eigenvalue weighted by atomic mass is 10.1. The van der Waals surface area contributed by atoms with Crippen LogP contribution in [-0.2, 0) is 10.1 Å². The number of nitrogens with zero attached hydrogens (tertiary/aromatic N) is 1. The van der Waals surface area contributed by atoms with Crippen molar-refractivity contribution in [2.75, 3.05) is 0 Å². The molecule has 4 nitrogen and oxygen atoms in total. The summed E-state index contributed by atoms with van der Waals surface area (Å²) in [4.78, 5) is 3.07. The SMILES string of the molecule is Cl.O=S(=O)(O)c1cccc2cncc(C(F)F)c12. The second kappa shape index (κ2) is 5.13. The van der Waals surface area contributed by atoms with Gasteiger partial charge in [0.1, 0.15) is 4.90 Å². The van der Waals surface area contributed by atoms with Crippen molar-refractivity contribution in [1.29, 1.82) is 0 Å². The molecule has 0 aliphatic rings. The minimum Gasteiger partial charge on any atom is -0.282 e. The quantitative estimate of drug-likeness (QED) is 0.865. The fourth-order valence-corrected chi connectivity index (χ4v) is 2.35. The summed E-state index contributed by atoms with van der Waals surface area (Å²) in [6.45, 7) is 0. The Morgan fingerprint density at radius 1 is 1.22 bits per heavy atom. The van der Waals surface area contributed by atoms with Gasteiger partial charge in [0.15, 0.2) is 0 Å². The number of halogens is 3. The molecule has 8 heteroatoms. The van der Waals surface area contributed by atoms with E-state index in [9.17, 15) is 17.2 Å². The minimum atomic E-state index is -4.55. The molecule has 18 heavy (non-hydrogen) atoms. The Kier molecular flexibility index (Phi) is 4.20. The lowest BCUT2D eigenvalue weighted by Gasteiger charge is -2.08. The zero-order valence-corrected chi connectivity index (χ0v) is 10.4. The topological polar surface area (TPSA) is 67.3 Å². The van der Waals surface area contributed by atoms with E-state index in [1.165, 1.54) is 18.3 Å². The first-order valence-corrected chi connectivity index (χ1v) is 5.97. The second-order valence-corrected chi connectivity index (χ2v) is 4.75. The molecule has 0 amide bonds. The van der Waals surface area contributed by atoms with Crippen LogP contribution in [0.4, 0.5) is 8.78 Å². The van der Waals surface area contributed by atoms with Crippen LogP contribution in [0.25, 0.3) is 10.8 Å². The molecule has 0 saturated carbocycles. The van der Waals surface area contributed by atoms with Crippen LogP contribution in [0.5, 0.6) is 0 Å². The third-order valence-corrected chi connectivity index (χ3v) is 3.18. The monoisotopic (exact) mass is 295 g/mol. The van der Waals surface area contributed by atoms with Gasteiger partial charge in [0, 0.05) is 28.7 Å². The van der Waals surface area contributed by atoms with Crippen LogP contribution in [0.2, 0.25) is 0 Å². The highest BCUT2D eigenvalue weighted by atomic mass is 35.5. The largest absolute Gasteiger partial charge is 0.295 e. The highest BCUT2D eigenvalue weighted by Crippen LogP contribution is 2.31. The first kappa shape index (κ1) is 14.7. The van der Waals surface area contributed by atoms with E-state index >= 15 is 0 Å². The van der Waals surface area contributed by atoms with E-state index in [1.54, 1.807) is 0 Å². The number of alkyl halides is 2. The summed E-state index contributed by atoms with van der Waals surface area (Å²) in [5.41, 5.74) is -0.518. The Morgan fingerprint density at radius 3 is 2.44 bits per heavy atom. The molecule has 2 rings (SSSR count). The molecule has 1 aromatic heterocycles. The van der Waals surface area contributed by atoms with Crippen LogP contribution >= 0.6 is 12.4 Å². The van der Waals surface area contributed by atoms with E-state index in [-0.39, 0.29) is 23.2 Å². The normalized spacial score (nSPS) is 11.6. The number of rotatable bonds is 2. The Bertz CT molecular complexity index is 671. The van der Waals surface area contributed by atoms with Gasteiger partial charge in [-0.25, -0.2) is 8.78 Å². The van der Waals surface area contributed by atoms with Crippen LogP contribution in [0.1, 0.15) is 12.0 Å². The molecule has 0 aliphatic heterocycles. The lowest BCUT2D eigenvalue weighted by Crippen LogP contribution is -2.01. The van der Waals surface area contributed by atoms with Crippen LogP contribution < -0.4 is 0 Å². The standard InChI is InChI=1S/C10H7F2NO3S.ClH/c11-10(12)7-5-13-4-6-2-1-3-8(9(6)7)17(14,15)16;/h1-5,10H,(H,14,15,16);1H. The Hall–Kier alpha value is -1.31. The summed E-state index contributed by atoms with van der Waals surface area (Å²) < 4.78 is 56.7. The van der Waals surface area contributed by atoms with Crippen molar-refractivity contribution >= 4 is 33.3 Å². The molecule has 0 saturated heterocycles. The second-order valence-electron chi connectivity index (χ2n) is 3.36. The third kappa shape index (κ3) is 2.58. The van der Waals surface area contributed by atoms with Crippen LogP contribution in [0.15, 0.2) is 35.5 Å². The maximum absolute atomic E-state index is 12.7. The van der Waals surface area contributed by atoms with Gasteiger partial charge < -0.3 is 0 Å². The molecule has 0 unspecified atom stereocenters. The van der Waals surface area contributed by atoms with Gasteiger partial charge in [0.05, 0.1) is 0 Å². The van der Waals surface area contributed by atoms with Gasteiger partial charge in [0.2, 0.25) is 0 Å². The van der Waals surface area contributed by atoms with E-state index < -0.39 is 27.0 Å². The highest BCUT2D eigenvalue weighted by Gasteiger charge is 2.20. The van der Waals surface area contributed by atoms with E-state index in [2.05, 4.69) is 4.98 Å². The molecule has 1 aromatic carbocycles. The molecular formula is C10H8ClF2NO3S. The van der Waals surface area contributed by atoms with Crippen molar-refractivity contribution < 1.29 is 21.8 Å². The van der Waals surface area contributed by atoms with Crippen molar-refractivity contribution in [3.05, 3.63) is 36.2 Å². The summed E-state index contributed by atoms with van der Waals surface area (Å²) in [7, 11) is -4.55. The first-order chi connectivity index (χ1) is 7.91. The van der Waals surface area contributed by atoms with Crippen LogP contribution in [0, 0.1) is 0 Å². The van der Waals surface area contributed by atoms with Crippen molar-refractivity contribution in [3.8, 4) is 0 Å². The molecule has 0 spiro atoms. The van der Waals surface area contributed by atoms with Crippen molar-refractivity contribution in [2.45, 2.75) is 11.3 Å². The van der Waals surface area contributed by atoms with Crippen molar-refractivity contribution in [2.24, 2.45) is 0 Å². The molecule has 0 atom stereocenters. The number of benzene rings is 1. The van der Waals surface area contributed by atoms with Gasteiger partial charge in [-0.1, -0.05) is 12.1 Å². The third-order valence-electron chi connectivity index (χ3n) is 2.29. The summed E-state index contributed by atoms with van der Waals surface area (Å²) in [6.07, 6.45) is -0.716. The highest BCUT2D eigenvalue weighted by molar-refractivity contribution is 7.86. The van der Waals surface area contributed by atoms with E-state index in [0.717, 1.165) is 12.3 Å².